The number of hydrogen-bond donors (Lipinski definition) is 2. The third-order valence-corrected chi connectivity index (χ3v) is 6.56. The van der Waals surface area contributed by atoms with Gasteiger partial charge in [-0.15, -0.1) is 0 Å². The van der Waals surface area contributed by atoms with Crippen molar-refractivity contribution in [2.24, 2.45) is 5.41 Å². The molecule has 2 aromatic heterocycles. The highest BCUT2D eigenvalue weighted by Crippen LogP contribution is 2.43. The molecule has 3 heterocycles. The molecule has 0 bridgehead atoms. The molecule has 0 amide bonds. The second-order valence-corrected chi connectivity index (χ2v) is 8.47. The van der Waals surface area contributed by atoms with E-state index in [0.717, 1.165) is 28.6 Å². The summed E-state index contributed by atoms with van der Waals surface area (Å²) >= 11 is 1.66. The molecule has 0 radical (unpaired) electrons. The summed E-state index contributed by atoms with van der Waals surface area (Å²) in [5.74, 6) is 0. The average molecular weight is 334 g/mol. The summed E-state index contributed by atoms with van der Waals surface area (Å²) in [4.78, 5) is 5.67. The summed E-state index contributed by atoms with van der Waals surface area (Å²) in [7, 11) is 0. The molecule has 23 heavy (non-hydrogen) atoms. The lowest BCUT2D eigenvalue weighted by Gasteiger charge is -2.43. The molecule has 2 fully saturated rings. The van der Waals surface area contributed by atoms with Gasteiger partial charge >= 0.3 is 0 Å². The molecule has 0 unspecified atom stereocenters. The SMILES string of the molecule is Cc1nn2cc(CCNC3CCC4(CCNCC4)CC3)nc2s1. The van der Waals surface area contributed by atoms with Crippen LogP contribution in [0.2, 0.25) is 0 Å². The molecule has 6 heteroatoms. The molecular weight excluding hydrogens is 306 g/mol. The Morgan fingerprint density at radius 1 is 1.30 bits per heavy atom. The zero-order valence-corrected chi connectivity index (χ0v) is 14.8. The van der Waals surface area contributed by atoms with Crippen molar-refractivity contribution in [2.75, 3.05) is 19.6 Å². The highest BCUT2D eigenvalue weighted by atomic mass is 32.1. The van der Waals surface area contributed by atoms with Gasteiger partial charge in [-0.1, -0.05) is 11.3 Å². The van der Waals surface area contributed by atoms with Crippen LogP contribution in [0.25, 0.3) is 4.96 Å². The minimum Gasteiger partial charge on any atom is -0.317 e. The van der Waals surface area contributed by atoms with Gasteiger partial charge in [-0.2, -0.15) is 5.10 Å². The Bertz CT molecular complexity index is 614. The molecular formula is C17H27N5S. The minimum absolute atomic E-state index is 0.668. The molecule has 1 spiro atoms. The maximum absolute atomic E-state index is 4.66. The lowest BCUT2D eigenvalue weighted by molar-refractivity contribution is 0.116. The van der Waals surface area contributed by atoms with Crippen LogP contribution < -0.4 is 10.6 Å². The average Bonchev–Trinajstić information content (AvgIpc) is 3.07. The molecule has 1 aliphatic carbocycles. The van der Waals surface area contributed by atoms with E-state index >= 15 is 0 Å². The van der Waals surface area contributed by atoms with Gasteiger partial charge in [0.2, 0.25) is 4.96 Å². The number of hydrogen-bond acceptors (Lipinski definition) is 5. The van der Waals surface area contributed by atoms with E-state index in [4.69, 9.17) is 0 Å². The van der Waals surface area contributed by atoms with Crippen molar-refractivity contribution >= 4 is 16.3 Å². The molecule has 1 aliphatic heterocycles. The summed E-state index contributed by atoms with van der Waals surface area (Å²) in [5.41, 5.74) is 1.82. The second kappa shape index (κ2) is 6.49. The highest BCUT2D eigenvalue weighted by molar-refractivity contribution is 7.16. The molecule has 5 nitrogen and oxygen atoms in total. The topological polar surface area (TPSA) is 54.2 Å². The van der Waals surface area contributed by atoms with Crippen molar-refractivity contribution in [3.8, 4) is 0 Å². The first kappa shape index (κ1) is 15.5. The van der Waals surface area contributed by atoms with Crippen LogP contribution in [0, 0.1) is 12.3 Å². The van der Waals surface area contributed by atoms with E-state index < -0.39 is 0 Å². The maximum Gasteiger partial charge on any atom is 0.212 e. The first-order valence-electron chi connectivity index (χ1n) is 8.98. The Kier molecular flexibility index (Phi) is 4.39. The van der Waals surface area contributed by atoms with Crippen LogP contribution in [-0.2, 0) is 6.42 Å². The number of piperidine rings is 1. The van der Waals surface area contributed by atoms with Crippen LogP contribution in [-0.4, -0.2) is 40.3 Å². The monoisotopic (exact) mass is 333 g/mol. The largest absolute Gasteiger partial charge is 0.317 e. The summed E-state index contributed by atoms with van der Waals surface area (Å²) in [6.45, 7) is 5.51. The van der Waals surface area contributed by atoms with Crippen molar-refractivity contribution in [3.63, 3.8) is 0 Å². The Labute approximate surface area is 141 Å². The third kappa shape index (κ3) is 3.44. The normalized spacial score (nSPS) is 22.1. The molecule has 0 aromatic carbocycles. The summed E-state index contributed by atoms with van der Waals surface area (Å²) in [6.07, 6.45) is 11.4. The number of rotatable bonds is 4. The predicted octanol–water partition coefficient (Wildman–Crippen LogP) is 2.54. The molecule has 2 aromatic rings. The van der Waals surface area contributed by atoms with E-state index in [0.29, 0.717) is 11.5 Å². The van der Waals surface area contributed by atoms with Crippen LogP contribution in [0.3, 0.4) is 0 Å². The molecule has 2 N–H and O–H groups in total. The zero-order chi connectivity index (χ0) is 15.7. The zero-order valence-electron chi connectivity index (χ0n) is 14.0. The first-order valence-corrected chi connectivity index (χ1v) is 9.80. The highest BCUT2D eigenvalue weighted by Gasteiger charge is 2.35. The quantitative estimate of drug-likeness (QED) is 0.903. The predicted molar refractivity (Wildman–Crippen MR) is 94.1 cm³/mol. The Morgan fingerprint density at radius 2 is 2.09 bits per heavy atom. The van der Waals surface area contributed by atoms with Crippen molar-refractivity contribution in [1.29, 1.82) is 0 Å². The van der Waals surface area contributed by atoms with Gasteiger partial charge < -0.3 is 10.6 Å². The van der Waals surface area contributed by atoms with Gasteiger partial charge in [-0.25, -0.2) is 9.50 Å². The van der Waals surface area contributed by atoms with Gasteiger partial charge in [0.15, 0.2) is 0 Å². The van der Waals surface area contributed by atoms with Crippen molar-refractivity contribution < 1.29 is 0 Å². The Balaban J connectivity index is 1.23. The molecule has 1 saturated carbocycles. The van der Waals surface area contributed by atoms with E-state index in [9.17, 15) is 0 Å². The van der Waals surface area contributed by atoms with E-state index in [2.05, 4.69) is 26.9 Å². The maximum atomic E-state index is 4.66. The van der Waals surface area contributed by atoms with Crippen molar-refractivity contribution in [2.45, 2.75) is 57.9 Å². The van der Waals surface area contributed by atoms with E-state index in [1.807, 2.05) is 11.4 Å². The fourth-order valence-electron chi connectivity index (χ4n) is 4.26. The van der Waals surface area contributed by atoms with E-state index in [1.54, 1.807) is 11.3 Å². The molecule has 2 aliphatic rings. The van der Waals surface area contributed by atoms with Crippen LogP contribution in [0.1, 0.15) is 49.2 Å². The first-order chi connectivity index (χ1) is 11.2. The lowest BCUT2D eigenvalue weighted by Crippen LogP contribution is -2.43. The van der Waals surface area contributed by atoms with E-state index in [1.165, 1.54) is 51.6 Å². The van der Waals surface area contributed by atoms with Crippen molar-refractivity contribution in [1.82, 2.24) is 25.2 Å². The number of nitrogens with one attached hydrogen (secondary N) is 2. The van der Waals surface area contributed by atoms with Crippen LogP contribution in [0.4, 0.5) is 0 Å². The smallest absolute Gasteiger partial charge is 0.212 e. The standard InChI is InChI=1S/C17H27N5S/c1-13-21-22-12-15(20-16(22)23-13)4-9-19-14-2-5-17(6-3-14)7-10-18-11-8-17/h12,14,18-19H,2-11H2,1H3. The van der Waals surface area contributed by atoms with Gasteiger partial charge in [0.1, 0.15) is 5.01 Å². The molecule has 1 saturated heterocycles. The Morgan fingerprint density at radius 3 is 2.83 bits per heavy atom. The molecule has 126 valence electrons. The van der Waals surface area contributed by atoms with Crippen LogP contribution in [0.5, 0.6) is 0 Å². The fourth-order valence-corrected chi connectivity index (χ4v) is 5.00. The van der Waals surface area contributed by atoms with Gasteiger partial charge in [0.05, 0.1) is 11.9 Å². The van der Waals surface area contributed by atoms with Crippen molar-refractivity contribution in [3.05, 3.63) is 16.9 Å². The molecule has 0 atom stereocenters. The number of fused-ring (bicyclic) bond motifs is 1. The minimum atomic E-state index is 0.668. The van der Waals surface area contributed by atoms with Crippen LogP contribution in [0.15, 0.2) is 6.20 Å². The number of nitrogens with zero attached hydrogens (tertiary/aromatic N) is 3. The van der Waals surface area contributed by atoms with Gasteiger partial charge in [-0.05, 0) is 64.0 Å². The third-order valence-electron chi connectivity index (χ3n) is 5.72. The summed E-state index contributed by atoms with van der Waals surface area (Å²) < 4.78 is 1.91. The number of aromatic nitrogens is 3. The van der Waals surface area contributed by atoms with E-state index in [-0.39, 0.29) is 0 Å². The van der Waals surface area contributed by atoms with Gasteiger partial charge in [0.25, 0.3) is 0 Å². The summed E-state index contributed by atoms with van der Waals surface area (Å²) in [5, 5.41) is 12.8. The second-order valence-electron chi connectivity index (χ2n) is 7.31. The number of imidazole rings is 1. The fraction of sp³-hybridized carbons (Fsp3) is 0.765. The molecule has 4 rings (SSSR count). The van der Waals surface area contributed by atoms with Crippen LogP contribution >= 0.6 is 11.3 Å². The van der Waals surface area contributed by atoms with Gasteiger partial charge in [0, 0.05) is 19.0 Å². The Hall–Kier alpha value is -0.980. The number of aryl methyl sites for hydroxylation is 1. The lowest BCUT2D eigenvalue weighted by atomic mass is 9.67. The summed E-state index contributed by atoms with van der Waals surface area (Å²) in [6, 6.07) is 0.708. The van der Waals surface area contributed by atoms with Gasteiger partial charge in [-0.3, -0.25) is 0 Å².